The molecule has 44 heavy (non-hydrogen) atoms. The molecule has 1 N–H and O–H groups in total. The fourth-order valence-electron chi connectivity index (χ4n) is 4.91. The molecule has 1 atom stereocenters. The first kappa shape index (κ1) is 32.6. The summed E-state index contributed by atoms with van der Waals surface area (Å²) in [7, 11) is -2.87. The van der Waals surface area contributed by atoms with Crippen molar-refractivity contribution in [3.05, 3.63) is 125 Å². The van der Waals surface area contributed by atoms with E-state index in [9.17, 15) is 18.0 Å². The summed E-state index contributed by atoms with van der Waals surface area (Å²) in [6.45, 7) is 3.59. The van der Waals surface area contributed by atoms with Crippen LogP contribution in [0.2, 0.25) is 5.02 Å². The molecule has 2 amide bonds. The van der Waals surface area contributed by atoms with Gasteiger partial charge in [0.25, 0.3) is 10.0 Å². The number of carbonyl (C=O) groups is 2. The van der Waals surface area contributed by atoms with Crippen molar-refractivity contribution in [2.45, 2.75) is 37.8 Å². The van der Waals surface area contributed by atoms with Crippen LogP contribution < -0.4 is 14.4 Å². The zero-order chi connectivity index (χ0) is 31.7. The fraction of sp³-hybridized carbons (Fsp3) is 0.235. The highest BCUT2D eigenvalue weighted by atomic mass is 35.5. The minimum atomic E-state index is -4.28. The summed E-state index contributed by atoms with van der Waals surface area (Å²) in [4.78, 5) is 29.6. The van der Waals surface area contributed by atoms with Crippen LogP contribution in [0.15, 0.2) is 108 Å². The highest BCUT2D eigenvalue weighted by molar-refractivity contribution is 7.92. The van der Waals surface area contributed by atoms with Crippen molar-refractivity contribution >= 4 is 39.1 Å². The number of ether oxygens (including phenoxy) is 1. The number of anilines is 1. The Hall–Kier alpha value is -4.34. The lowest BCUT2D eigenvalue weighted by molar-refractivity contribution is -0.140. The molecule has 0 saturated heterocycles. The number of sulfonamides is 1. The molecular formula is C34H36ClN3O5S. The Balaban J connectivity index is 1.85. The molecule has 0 aliphatic carbocycles. The van der Waals surface area contributed by atoms with Crippen LogP contribution in [-0.4, -0.2) is 51.4 Å². The van der Waals surface area contributed by atoms with Gasteiger partial charge in [0.05, 0.1) is 17.7 Å². The quantitative estimate of drug-likeness (QED) is 0.206. The van der Waals surface area contributed by atoms with Gasteiger partial charge >= 0.3 is 0 Å². The average Bonchev–Trinajstić information content (AvgIpc) is 3.03. The predicted molar refractivity (Wildman–Crippen MR) is 173 cm³/mol. The maximum atomic E-state index is 14.5. The summed E-state index contributed by atoms with van der Waals surface area (Å²) in [6.07, 6.45) is 0.232. The number of carbonyl (C=O) groups excluding carboxylic acids is 2. The number of hydrogen-bond donors (Lipinski definition) is 1. The molecule has 0 heterocycles. The summed E-state index contributed by atoms with van der Waals surface area (Å²) in [5.74, 6) is -0.685. The minimum absolute atomic E-state index is 0.00940. The monoisotopic (exact) mass is 633 g/mol. The third-order valence-corrected chi connectivity index (χ3v) is 9.25. The predicted octanol–water partition coefficient (Wildman–Crippen LogP) is 5.63. The van der Waals surface area contributed by atoms with Gasteiger partial charge in [0.15, 0.2) is 0 Å². The first-order valence-corrected chi connectivity index (χ1v) is 16.0. The molecule has 0 spiro atoms. The van der Waals surface area contributed by atoms with E-state index in [1.165, 1.54) is 30.2 Å². The van der Waals surface area contributed by atoms with Gasteiger partial charge in [-0.1, -0.05) is 84.4 Å². The third-order valence-electron chi connectivity index (χ3n) is 7.24. The number of halogens is 1. The molecule has 8 nitrogen and oxygen atoms in total. The maximum absolute atomic E-state index is 14.5. The van der Waals surface area contributed by atoms with Crippen LogP contribution in [0.3, 0.4) is 0 Å². The van der Waals surface area contributed by atoms with Crippen LogP contribution >= 0.6 is 11.6 Å². The van der Waals surface area contributed by atoms with Crippen LogP contribution in [0.25, 0.3) is 0 Å². The summed E-state index contributed by atoms with van der Waals surface area (Å²) < 4.78 is 34.8. The van der Waals surface area contributed by atoms with E-state index in [2.05, 4.69) is 5.32 Å². The Morgan fingerprint density at radius 2 is 1.55 bits per heavy atom. The third kappa shape index (κ3) is 7.78. The standard InChI is InChI=1S/C34H36ClN3O5S/c1-4-36-34(40)31(21-26-14-7-5-8-15-26)37(23-27-16-12-11-13-25(27)2)33(39)24-38(30-22-28(35)19-20-32(30)43-3)44(41,42)29-17-9-6-10-18-29/h5-20,22,31H,4,21,23-24H2,1-3H3,(H,36,40)/t31-/m1/s1. The number of benzene rings is 4. The number of nitrogens with zero attached hydrogens (tertiary/aromatic N) is 2. The van der Waals surface area contributed by atoms with Gasteiger partial charge in [-0.2, -0.15) is 0 Å². The lowest BCUT2D eigenvalue weighted by atomic mass is 10.0. The van der Waals surface area contributed by atoms with Crippen molar-refractivity contribution in [2.75, 3.05) is 24.5 Å². The van der Waals surface area contributed by atoms with Crippen molar-refractivity contribution in [1.29, 1.82) is 0 Å². The molecule has 0 aromatic heterocycles. The Labute approximate surface area is 264 Å². The second-order valence-electron chi connectivity index (χ2n) is 10.2. The van der Waals surface area contributed by atoms with Crippen molar-refractivity contribution in [2.24, 2.45) is 0 Å². The van der Waals surface area contributed by atoms with Gasteiger partial charge in [0.2, 0.25) is 11.8 Å². The number of rotatable bonds is 13. The molecule has 0 fully saturated rings. The van der Waals surface area contributed by atoms with E-state index in [-0.39, 0.29) is 40.2 Å². The molecule has 4 rings (SSSR count). The number of methoxy groups -OCH3 is 1. The topological polar surface area (TPSA) is 96.0 Å². The van der Waals surface area contributed by atoms with Crippen molar-refractivity contribution in [3.8, 4) is 5.75 Å². The highest BCUT2D eigenvalue weighted by Crippen LogP contribution is 2.35. The van der Waals surface area contributed by atoms with Crippen LogP contribution in [0.1, 0.15) is 23.6 Å². The van der Waals surface area contributed by atoms with E-state index in [0.717, 1.165) is 21.0 Å². The number of likely N-dealkylation sites (N-methyl/N-ethyl adjacent to an activating group) is 1. The van der Waals surface area contributed by atoms with Crippen molar-refractivity contribution in [1.82, 2.24) is 10.2 Å². The largest absolute Gasteiger partial charge is 0.495 e. The molecule has 0 aliphatic heterocycles. The number of nitrogens with one attached hydrogen (secondary N) is 1. The van der Waals surface area contributed by atoms with E-state index in [1.807, 2.05) is 68.4 Å². The molecule has 0 unspecified atom stereocenters. The van der Waals surface area contributed by atoms with Gasteiger partial charge in [0.1, 0.15) is 18.3 Å². The van der Waals surface area contributed by atoms with Gasteiger partial charge < -0.3 is 15.0 Å². The Morgan fingerprint density at radius 3 is 2.18 bits per heavy atom. The second kappa shape index (κ2) is 14.9. The van der Waals surface area contributed by atoms with Gasteiger partial charge in [0, 0.05) is 24.5 Å². The molecule has 0 radical (unpaired) electrons. The minimum Gasteiger partial charge on any atom is -0.495 e. The fourth-order valence-corrected chi connectivity index (χ4v) is 6.51. The zero-order valence-corrected chi connectivity index (χ0v) is 26.5. The van der Waals surface area contributed by atoms with Crippen molar-refractivity contribution in [3.63, 3.8) is 0 Å². The van der Waals surface area contributed by atoms with Crippen molar-refractivity contribution < 1.29 is 22.7 Å². The number of amides is 2. The molecule has 0 aliphatic rings. The summed E-state index contributed by atoms with van der Waals surface area (Å²) in [6, 6.07) is 28.5. The van der Waals surface area contributed by atoms with Gasteiger partial charge in [-0.05, 0) is 60.9 Å². The molecule has 10 heteroatoms. The molecule has 4 aromatic rings. The Kier molecular flexibility index (Phi) is 11.0. The first-order chi connectivity index (χ1) is 21.1. The van der Waals surface area contributed by atoms with E-state index >= 15 is 0 Å². The molecule has 0 saturated carbocycles. The highest BCUT2D eigenvalue weighted by Gasteiger charge is 2.35. The molecule has 4 aromatic carbocycles. The lowest BCUT2D eigenvalue weighted by Crippen LogP contribution is -2.53. The summed E-state index contributed by atoms with van der Waals surface area (Å²) in [5.41, 5.74) is 2.73. The molecular weight excluding hydrogens is 598 g/mol. The number of aryl methyl sites for hydroxylation is 1. The van der Waals surface area contributed by atoms with Gasteiger partial charge in [-0.25, -0.2) is 8.42 Å². The maximum Gasteiger partial charge on any atom is 0.264 e. The molecule has 230 valence electrons. The van der Waals surface area contributed by atoms with E-state index in [1.54, 1.807) is 30.3 Å². The van der Waals surface area contributed by atoms with Crippen LogP contribution in [0, 0.1) is 6.92 Å². The number of hydrogen-bond acceptors (Lipinski definition) is 5. The lowest BCUT2D eigenvalue weighted by Gasteiger charge is -2.34. The van der Waals surface area contributed by atoms with E-state index in [0.29, 0.717) is 6.54 Å². The summed E-state index contributed by atoms with van der Waals surface area (Å²) >= 11 is 6.33. The SMILES string of the molecule is CCNC(=O)[C@@H](Cc1ccccc1)N(Cc1ccccc1C)C(=O)CN(c1cc(Cl)ccc1OC)S(=O)(=O)c1ccccc1. The van der Waals surface area contributed by atoms with Gasteiger partial charge in [-0.3, -0.25) is 13.9 Å². The average molecular weight is 634 g/mol. The van der Waals surface area contributed by atoms with Crippen LogP contribution in [-0.2, 0) is 32.6 Å². The summed E-state index contributed by atoms with van der Waals surface area (Å²) in [5, 5.41) is 3.13. The zero-order valence-electron chi connectivity index (χ0n) is 24.9. The van der Waals surface area contributed by atoms with E-state index < -0.39 is 28.5 Å². The van der Waals surface area contributed by atoms with Gasteiger partial charge in [-0.15, -0.1) is 0 Å². The normalized spacial score (nSPS) is 11.8. The second-order valence-corrected chi connectivity index (χ2v) is 12.5. The smallest absolute Gasteiger partial charge is 0.264 e. The Bertz CT molecular complexity index is 1680. The van der Waals surface area contributed by atoms with E-state index in [4.69, 9.17) is 16.3 Å². The molecule has 0 bridgehead atoms. The Morgan fingerprint density at radius 1 is 0.909 bits per heavy atom. The van der Waals surface area contributed by atoms with Crippen LogP contribution in [0.4, 0.5) is 5.69 Å². The first-order valence-electron chi connectivity index (χ1n) is 14.2. The van der Waals surface area contributed by atoms with Crippen LogP contribution in [0.5, 0.6) is 5.75 Å².